The van der Waals surface area contributed by atoms with Gasteiger partial charge in [0.25, 0.3) is 0 Å². The van der Waals surface area contributed by atoms with Gasteiger partial charge in [0.2, 0.25) is 5.91 Å². The number of amides is 1. The van der Waals surface area contributed by atoms with Crippen molar-refractivity contribution >= 4 is 5.91 Å². The maximum absolute atomic E-state index is 12.0. The van der Waals surface area contributed by atoms with Crippen LogP contribution in [0.15, 0.2) is 0 Å². The lowest BCUT2D eigenvalue weighted by Gasteiger charge is -2.37. The van der Waals surface area contributed by atoms with Crippen LogP contribution in [0.4, 0.5) is 0 Å². The highest BCUT2D eigenvalue weighted by Gasteiger charge is 2.34. The Morgan fingerprint density at radius 2 is 2.33 bits per heavy atom. The first-order valence-electron chi connectivity index (χ1n) is 6.96. The molecular weight excluding hydrogens is 232 g/mol. The third-order valence-electron chi connectivity index (χ3n) is 4.12. The van der Waals surface area contributed by atoms with Crippen molar-refractivity contribution in [3.05, 3.63) is 0 Å². The van der Waals surface area contributed by atoms with E-state index < -0.39 is 5.60 Å². The molecule has 0 aromatic carbocycles. The Kier molecular flexibility index (Phi) is 4.59. The van der Waals surface area contributed by atoms with E-state index in [9.17, 15) is 9.90 Å². The quantitative estimate of drug-likeness (QED) is 0.734. The zero-order chi connectivity index (χ0) is 13.0. The molecule has 18 heavy (non-hydrogen) atoms. The first-order chi connectivity index (χ1) is 8.64. The zero-order valence-electron chi connectivity index (χ0n) is 11.2. The largest absolute Gasteiger partial charge is 0.390 e. The van der Waals surface area contributed by atoms with Gasteiger partial charge in [-0.15, -0.1) is 0 Å². The number of nitrogens with zero attached hydrogens (tertiary/aromatic N) is 1. The zero-order valence-corrected chi connectivity index (χ0v) is 11.2. The van der Waals surface area contributed by atoms with Gasteiger partial charge in [-0.3, -0.25) is 9.69 Å². The van der Waals surface area contributed by atoms with Gasteiger partial charge in [-0.2, -0.15) is 0 Å². The molecule has 0 bridgehead atoms. The Morgan fingerprint density at radius 3 is 2.94 bits per heavy atom. The summed E-state index contributed by atoms with van der Waals surface area (Å²) in [7, 11) is 0. The summed E-state index contributed by atoms with van der Waals surface area (Å²) in [4.78, 5) is 14.2. The van der Waals surface area contributed by atoms with Crippen LogP contribution in [0.2, 0.25) is 0 Å². The lowest BCUT2D eigenvalue weighted by molar-refractivity contribution is -0.132. The molecule has 1 atom stereocenters. The fourth-order valence-electron chi connectivity index (χ4n) is 2.63. The summed E-state index contributed by atoms with van der Waals surface area (Å²) in [5, 5.41) is 12.9. The van der Waals surface area contributed by atoms with Crippen LogP contribution < -0.4 is 5.32 Å². The predicted molar refractivity (Wildman–Crippen MR) is 68.3 cm³/mol. The normalized spacial score (nSPS) is 27.6. The first kappa shape index (κ1) is 13.8. The van der Waals surface area contributed by atoms with Crippen LogP contribution in [-0.2, 0) is 9.53 Å². The number of hydrogen-bond acceptors (Lipinski definition) is 4. The van der Waals surface area contributed by atoms with Crippen LogP contribution in [0.5, 0.6) is 0 Å². The number of morpholine rings is 1. The summed E-state index contributed by atoms with van der Waals surface area (Å²) in [5.41, 5.74) is -0.513. The molecule has 2 N–H and O–H groups in total. The number of aliphatic hydroxyl groups is 1. The summed E-state index contributed by atoms with van der Waals surface area (Å²) < 4.78 is 5.36. The van der Waals surface area contributed by atoms with Gasteiger partial charge in [-0.1, -0.05) is 6.92 Å². The smallest absolute Gasteiger partial charge is 0.239 e. The third kappa shape index (κ3) is 3.22. The van der Waals surface area contributed by atoms with Crippen LogP contribution in [0.3, 0.4) is 0 Å². The molecule has 0 aromatic heterocycles. The van der Waals surface area contributed by atoms with E-state index in [-0.39, 0.29) is 11.9 Å². The van der Waals surface area contributed by atoms with Gasteiger partial charge in [0, 0.05) is 13.1 Å². The molecule has 0 radical (unpaired) electrons. The second-order valence-electron chi connectivity index (χ2n) is 5.34. The van der Waals surface area contributed by atoms with E-state index in [0.717, 1.165) is 32.4 Å². The SMILES string of the molecule is CCN1CCOCC1C(=O)NCCC1(O)CCC1. The summed E-state index contributed by atoms with van der Waals surface area (Å²) in [6, 6.07) is -0.167. The number of nitrogens with one attached hydrogen (secondary N) is 1. The fraction of sp³-hybridized carbons (Fsp3) is 0.923. The fourth-order valence-corrected chi connectivity index (χ4v) is 2.63. The highest BCUT2D eigenvalue weighted by molar-refractivity contribution is 5.82. The summed E-state index contributed by atoms with van der Waals surface area (Å²) in [6.45, 7) is 5.48. The first-order valence-corrected chi connectivity index (χ1v) is 6.96. The van der Waals surface area contributed by atoms with Crippen LogP contribution in [0, 0.1) is 0 Å². The van der Waals surface area contributed by atoms with Gasteiger partial charge >= 0.3 is 0 Å². The second-order valence-corrected chi connectivity index (χ2v) is 5.34. The molecule has 2 fully saturated rings. The molecule has 104 valence electrons. The molecular formula is C13H24N2O3. The van der Waals surface area contributed by atoms with E-state index >= 15 is 0 Å². The van der Waals surface area contributed by atoms with Crippen molar-refractivity contribution in [3.8, 4) is 0 Å². The maximum atomic E-state index is 12.0. The van der Waals surface area contributed by atoms with E-state index in [4.69, 9.17) is 4.74 Å². The Morgan fingerprint density at radius 1 is 1.56 bits per heavy atom. The molecule has 1 heterocycles. The lowest BCUT2D eigenvalue weighted by Crippen LogP contribution is -2.54. The Hall–Kier alpha value is -0.650. The van der Waals surface area contributed by atoms with E-state index in [0.29, 0.717) is 26.2 Å². The number of likely N-dealkylation sites (N-methyl/N-ethyl adjacent to an activating group) is 1. The predicted octanol–water partition coefficient (Wildman–Crippen LogP) is 0.128. The van der Waals surface area contributed by atoms with Crippen molar-refractivity contribution in [2.24, 2.45) is 0 Å². The van der Waals surface area contributed by atoms with Crippen LogP contribution >= 0.6 is 0 Å². The van der Waals surface area contributed by atoms with Crippen molar-refractivity contribution in [2.45, 2.75) is 44.2 Å². The van der Waals surface area contributed by atoms with Crippen LogP contribution in [0.25, 0.3) is 0 Å². The number of rotatable bonds is 5. The Balaban J connectivity index is 1.72. The molecule has 0 aromatic rings. The molecule has 1 unspecified atom stereocenters. The minimum Gasteiger partial charge on any atom is -0.390 e. The molecule has 2 rings (SSSR count). The molecule has 5 nitrogen and oxygen atoms in total. The van der Waals surface area contributed by atoms with Gasteiger partial charge in [0.05, 0.1) is 18.8 Å². The van der Waals surface area contributed by atoms with Crippen molar-refractivity contribution in [2.75, 3.05) is 32.8 Å². The number of carbonyl (C=O) groups is 1. The van der Waals surface area contributed by atoms with Crippen LogP contribution in [-0.4, -0.2) is 60.4 Å². The topological polar surface area (TPSA) is 61.8 Å². The van der Waals surface area contributed by atoms with E-state index in [2.05, 4.69) is 17.1 Å². The number of hydrogen-bond donors (Lipinski definition) is 2. The molecule has 5 heteroatoms. The van der Waals surface area contributed by atoms with E-state index in [1.54, 1.807) is 0 Å². The lowest BCUT2D eigenvalue weighted by atomic mass is 9.78. The van der Waals surface area contributed by atoms with Gasteiger partial charge in [-0.25, -0.2) is 0 Å². The molecule has 1 saturated heterocycles. The molecule has 0 spiro atoms. The monoisotopic (exact) mass is 256 g/mol. The summed E-state index contributed by atoms with van der Waals surface area (Å²) in [6.07, 6.45) is 3.51. The highest BCUT2D eigenvalue weighted by Crippen LogP contribution is 2.34. The van der Waals surface area contributed by atoms with Gasteiger partial charge in [0.1, 0.15) is 6.04 Å². The average molecular weight is 256 g/mol. The maximum Gasteiger partial charge on any atom is 0.239 e. The third-order valence-corrected chi connectivity index (χ3v) is 4.12. The molecule has 1 aliphatic carbocycles. The summed E-state index contributed by atoms with van der Waals surface area (Å²) in [5.74, 6) is 0.0273. The van der Waals surface area contributed by atoms with Gasteiger partial charge in [-0.05, 0) is 32.2 Å². The second kappa shape index (κ2) is 5.99. The summed E-state index contributed by atoms with van der Waals surface area (Å²) >= 11 is 0. The van der Waals surface area contributed by atoms with Gasteiger partial charge in [0.15, 0.2) is 0 Å². The van der Waals surface area contributed by atoms with Gasteiger partial charge < -0.3 is 15.2 Å². The van der Waals surface area contributed by atoms with Crippen molar-refractivity contribution in [3.63, 3.8) is 0 Å². The minimum atomic E-state index is -0.513. The van der Waals surface area contributed by atoms with Crippen molar-refractivity contribution in [1.29, 1.82) is 0 Å². The Bertz CT molecular complexity index is 292. The highest BCUT2D eigenvalue weighted by atomic mass is 16.5. The standard InChI is InChI=1S/C13H24N2O3/c1-2-15-8-9-18-10-11(15)12(16)14-7-6-13(17)4-3-5-13/h11,17H,2-10H2,1H3,(H,14,16). The van der Waals surface area contributed by atoms with E-state index in [1.165, 1.54) is 0 Å². The average Bonchev–Trinajstić information content (AvgIpc) is 2.36. The van der Waals surface area contributed by atoms with E-state index in [1.807, 2.05) is 0 Å². The molecule has 1 aliphatic heterocycles. The van der Waals surface area contributed by atoms with Crippen molar-refractivity contribution < 1.29 is 14.6 Å². The van der Waals surface area contributed by atoms with Crippen LogP contribution in [0.1, 0.15) is 32.6 Å². The molecule has 1 amide bonds. The van der Waals surface area contributed by atoms with Crippen molar-refractivity contribution in [1.82, 2.24) is 10.2 Å². The number of carbonyl (C=O) groups excluding carboxylic acids is 1. The minimum absolute atomic E-state index is 0.0273. The molecule has 1 saturated carbocycles. The molecule has 2 aliphatic rings. The Labute approximate surface area is 108 Å². The number of ether oxygens (including phenoxy) is 1.